The number of imidazole rings is 1. The first-order chi connectivity index (χ1) is 8.68. The van der Waals surface area contributed by atoms with Crippen LogP contribution >= 0.6 is 0 Å². The fourth-order valence-corrected chi connectivity index (χ4v) is 2.88. The van der Waals surface area contributed by atoms with Crippen molar-refractivity contribution in [2.45, 2.75) is 32.2 Å². The molecule has 4 heteroatoms. The van der Waals surface area contributed by atoms with Gasteiger partial charge in [-0.05, 0) is 30.5 Å². The predicted octanol–water partition coefficient (Wildman–Crippen LogP) is 1.99. The van der Waals surface area contributed by atoms with E-state index in [1.165, 1.54) is 5.56 Å². The standard InChI is InChI=1S/C14H19N3O/c1-9(2)11-4-3-5-12-13(11)17(14(18)16-12)10-6-7-15-8-10/h3-5,9-10,15H,6-8H2,1-2H3,(H,16,18). The van der Waals surface area contributed by atoms with Crippen LogP contribution in [0.2, 0.25) is 0 Å². The van der Waals surface area contributed by atoms with Gasteiger partial charge in [0.25, 0.3) is 0 Å². The molecule has 2 N–H and O–H groups in total. The van der Waals surface area contributed by atoms with Gasteiger partial charge in [0.05, 0.1) is 17.1 Å². The van der Waals surface area contributed by atoms with Crippen LogP contribution in [0, 0.1) is 0 Å². The van der Waals surface area contributed by atoms with E-state index in [1.54, 1.807) is 0 Å². The van der Waals surface area contributed by atoms with Crippen molar-refractivity contribution in [1.29, 1.82) is 0 Å². The maximum absolute atomic E-state index is 12.2. The number of para-hydroxylation sites is 1. The van der Waals surface area contributed by atoms with Gasteiger partial charge in [0.15, 0.2) is 0 Å². The number of rotatable bonds is 2. The average Bonchev–Trinajstić information content (AvgIpc) is 2.93. The maximum Gasteiger partial charge on any atom is 0.326 e. The zero-order valence-electron chi connectivity index (χ0n) is 10.9. The summed E-state index contributed by atoms with van der Waals surface area (Å²) >= 11 is 0. The van der Waals surface area contributed by atoms with Gasteiger partial charge in [-0.2, -0.15) is 0 Å². The van der Waals surface area contributed by atoms with Gasteiger partial charge in [-0.1, -0.05) is 26.0 Å². The molecule has 0 amide bonds. The summed E-state index contributed by atoms with van der Waals surface area (Å²) in [5, 5.41) is 3.33. The zero-order valence-corrected chi connectivity index (χ0v) is 10.9. The van der Waals surface area contributed by atoms with Crippen molar-refractivity contribution in [2.75, 3.05) is 13.1 Å². The highest BCUT2D eigenvalue weighted by molar-refractivity contribution is 5.79. The minimum absolute atomic E-state index is 0.0202. The summed E-state index contributed by atoms with van der Waals surface area (Å²) < 4.78 is 1.95. The molecule has 1 atom stereocenters. The third-order valence-electron chi connectivity index (χ3n) is 3.79. The van der Waals surface area contributed by atoms with E-state index in [0.29, 0.717) is 5.92 Å². The Morgan fingerprint density at radius 1 is 1.39 bits per heavy atom. The first-order valence-electron chi connectivity index (χ1n) is 6.62. The highest BCUT2D eigenvalue weighted by atomic mass is 16.1. The molecule has 1 fully saturated rings. The summed E-state index contributed by atoms with van der Waals surface area (Å²) in [5.41, 5.74) is 3.31. The van der Waals surface area contributed by atoms with Gasteiger partial charge < -0.3 is 10.3 Å². The SMILES string of the molecule is CC(C)c1cccc2[nH]c(=O)n(C3CCNC3)c12. The molecule has 0 bridgehead atoms. The van der Waals surface area contributed by atoms with E-state index in [4.69, 9.17) is 0 Å². The predicted molar refractivity (Wildman–Crippen MR) is 73.2 cm³/mol. The number of hydrogen-bond donors (Lipinski definition) is 2. The number of aromatic nitrogens is 2. The fraction of sp³-hybridized carbons (Fsp3) is 0.500. The summed E-state index contributed by atoms with van der Waals surface area (Å²) in [6.07, 6.45) is 1.03. The van der Waals surface area contributed by atoms with Gasteiger partial charge in [-0.25, -0.2) is 4.79 Å². The van der Waals surface area contributed by atoms with Crippen molar-refractivity contribution in [1.82, 2.24) is 14.9 Å². The van der Waals surface area contributed by atoms with E-state index in [1.807, 2.05) is 16.7 Å². The molecule has 18 heavy (non-hydrogen) atoms. The number of nitrogens with zero attached hydrogens (tertiary/aromatic N) is 1. The number of benzene rings is 1. The number of fused-ring (bicyclic) bond motifs is 1. The van der Waals surface area contributed by atoms with Crippen LogP contribution in [-0.2, 0) is 0 Å². The molecule has 2 aromatic rings. The largest absolute Gasteiger partial charge is 0.326 e. The van der Waals surface area contributed by atoms with Crippen LogP contribution in [0.3, 0.4) is 0 Å². The summed E-state index contributed by atoms with van der Waals surface area (Å²) in [7, 11) is 0. The van der Waals surface area contributed by atoms with E-state index < -0.39 is 0 Å². The Balaban J connectivity index is 2.28. The molecule has 0 radical (unpaired) electrons. The van der Waals surface area contributed by atoms with Crippen molar-refractivity contribution < 1.29 is 0 Å². The Morgan fingerprint density at radius 3 is 2.89 bits per heavy atom. The number of aromatic amines is 1. The second-order valence-electron chi connectivity index (χ2n) is 5.34. The summed E-state index contributed by atoms with van der Waals surface area (Å²) in [6.45, 7) is 6.22. The smallest absolute Gasteiger partial charge is 0.315 e. The molecule has 0 saturated carbocycles. The Morgan fingerprint density at radius 2 is 2.22 bits per heavy atom. The lowest BCUT2D eigenvalue weighted by Crippen LogP contribution is -2.24. The van der Waals surface area contributed by atoms with E-state index in [0.717, 1.165) is 30.5 Å². The average molecular weight is 245 g/mol. The third kappa shape index (κ3) is 1.68. The van der Waals surface area contributed by atoms with E-state index in [2.05, 4.69) is 30.2 Å². The Bertz CT molecular complexity index is 617. The van der Waals surface area contributed by atoms with Gasteiger partial charge in [0.2, 0.25) is 0 Å². The van der Waals surface area contributed by atoms with Crippen LogP contribution in [0.4, 0.5) is 0 Å². The van der Waals surface area contributed by atoms with Gasteiger partial charge in [0.1, 0.15) is 0 Å². The second kappa shape index (κ2) is 4.28. The molecule has 0 spiro atoms. The van der Waals surface area contributed by atoms with Crippen LogP contribution < -0.4 is 11.0 Å². The van der Waals surface area contributed by atoms with Crippen LogP contribution in [-0.4, -0.2) is 22.6 Å². The minimum Gasteiger partial charge on any atom is -0.315 e. The van der Waals surface area contributed by atoms with Crippen molar-refractivity contribution in [3.8, 4) is 0 Å². The van der Waals surface area contributed by atoms with Crippen LogP contribution in [0.1, 0.15) is 37.8 Å². The van der Waals surface area contributed by atoms with Crippen LogP contribution in [0.25, 0.3) is 11.0 Å². The van der Waals surface area contributed by atoms with Gasteiger partial charge in [0, 0.05) is 6.54 Å². The summed E-state index contributed by atoms with van der Waals surface area (Å²) in [4.78, 5) is 15.2. The quantitative estimate of drug-likeness (QED) is 0.850. The molecule has 4 nitrogen and oxygen atoms in total. The summed E-state index contributed by atoms with van der Waals surface area (Å²) in [5.74, 6) is 0.421. The molecule has 0 aliphatic carbocycles. The number of H-pyrrole nitrogens is 1. The number of hydrogen-bond acceptors (Lipinski definition) is 2. The normalized spacial score (nSPS) is 20.1. The van der Waals surface area contributed by atoms with Gasteiger partial charge in [-0.3, -0.25) is 4.57 Å². The first kappa shape index (κ1) is 11.5. The van der Waals surface area contributed by atoms with Crippen LogP contribution in [0.5, 0.6) is 0 Å². The fourth-order valence-electron chi connectivity index (χ4n) is 2.88. The van der Waals surface area contributed by atoms with Crippen molar-refractivity contribution >= 4 is 11.0 Å². The minimum atomic E-state index is 0.0202. The molecule has 1 saturated heterocycles. The maximum atomic E-state index is 12.2. The highest BCUT2D eigenvalue weighted by Crippen LogP contribution is 2.27. The molecule has 1 unspecified atom stereocenters. The monoisotopic (exact) mass is 245 g/mol. The molecule has 2 heterocycles. The lowest BCUT2D eigenvalue weighted by atomic mass is 10.0. The number of nitrogens with one attached hydrogen (secondary N) is 2. The Hall–Kier alpha value is -1.55. The van der Waals surface area contributed by atoms with Crippen LogP contribution in [0.15, 0.2) is 23.0 Å². The molecule has 3 rings (SSSR count). The summed E-state index contributed by atoms with van der Waals surface area (Å²) in [6, 6.07) is 6.41. The molecular formula is C14H19N3O. The molecule has 96 valence electrons. The van der Waals surface area contributed by atoms with Crippen molar-refractivity contribution in [3.63, 3.8) is 0 Å². The zero-order chi connectivity index (χ0) is 12.7. The lowest BCUT2D eigenvalue weighted by Gasteiger charge is -2.15. The van der Waals surface area contributed by atoms with E-state index in [-0.39, 0.29) is 11.7 Å². The first-order valence-corrected chi connectivity index (χ1v) is 6.62. The Kier molecular flexibility index (Phi) is 2.74. The molecule has 1 aromatic carbocycles. The molecule has 1 aromatic heterocycles. The van der Waals surface area contributed by atoms with Crippen molar-refractivity contribution in [3.05, 3.63) is 34.2 Å². The molecule has 1 aliphatic heterocycles. The highest BCUT2D eigenvalue weighted by Gasteiger charge is 2.22. The van der Waals surface area contributed by atoms with E-state index >= 15 is 0 Å². The third-order valence-corrected chi connectivity index (χ3v) is 3.79. The van der Waals surface area contributed by atoms with Gasteiger partial charge in [-0.15, -0.1) is 0 Å². The molecule has 1 aliphatic rings. The molecular weight excluding hydrogens is 226 g/mol. The lowest BCUT2D eigenvalue weighted by molar-refractivity contribution is 0.544. The van der Waals surface area contributed by atoms with Gasteiger partial charge >= 0.3 is 5.69 Å². The Labute approximate surface area is 106 Å². The van der Waals surface area contributed by atoms with E-state index in [9.17, 15) is 4.79 Å². The second-order valence-corrected chi connectivity index (χ2v) is 5.34. The topological polar surface area (TPSA) is 49.8 Å². The van der Waals surface area contributed by atoms with Crippen molar-refractivity contribution in [2.24, 2.45) is 0 Å².